The predicted octanol–water partition coefficient (Wildman–Crippen LogP) is 4.38. The quantitative estimate of drug-likeness (QED) is 0.261. The third-order valence-corrected chi connectivity index (χ3v) is 6.50. The molecule has 0 saturated heterocycles. The van der Waals surface area contributed by atoms with Crippen molar-refractivity contribution in [3.05, 3.63) is 72.1 Å². The van der Waals surface area contributed by atoms with Gasteiger partial charge in [-0.25, -0.2) is 0 Å². The summed E-state index contributed by atoms with van der Waals surface area (Å²) in [6.45, 7) is 4.70. The van der Waals surface area contributed by atoms with E-state index >= 15 is 0 Å². The van der Waals surface area contributed by atoms with Gasteiger partial charge in [-0.2, -0.15) is 14.7 Å². The molecule has 6 rings (SSSR count). The van der Waals surface area contributed by atoms with E-state index in [-0.39, 0.29) is 5.92 Å². The minimum Gasteiger partial charge on any atom is -0.395 e. The number of rotatable bonds is 7. The Morgan fingerprint density at radius 1 is 1.11 bits per heavy atom. The highest BCUT2D eigenvalue weighted by Crippen LogP contribution is 2.29. The summed E-state index contributed by atoms with van der Waals surface area (Å²) in [7, 11) is 1.91. The zero-order valence-electron chi connectivity index (χ0n) is 20.0. The Labute approximate surface area is 202 Å². The molecule has 1 saturated carbocycles. The van der Waals surface area contributed by atoms with Gasteiger partial charge in [0.05, 0.1) is 11.7 Å². The first-order valence-corrected chi connectivity index (χ1v) is 11.8. The maximum absolute atomic E-state index is 5.49. The summed E-state index contributed by atoms with van der Waals surface area (Å²) in [5, 5.41) is 23.2. The summed E-state index contributed by atoms with van der Waals surface area (Å²) < 4.78 is 3.59. The van der Waals surface area contributed by atoms with Gasteiger partial charge in [0.1, 0.15) is 18.0 Å². The number of hydrogen-bond acceptors (Lipinski definition) is 7. The molecule has 0 amide bonds. The Morgan fingerprint density at radius 3 is 2.80 bits per heavy atom. The monoisotopic (exact) mass is 466 g/mol. The molecular weight excluding hydrogens is 440 g/mol. The second-order valence-electron chi connectivity index (χ2n) is 9.26. The second-order valence-corrected chi connectivity index (χ2v) is 9.26. The van der Waals surface area contributed by atoms with E-state index < -0.39 is 0 Å². The van der Waals surface area contributed by atoms with Crippen LogP contribution >= 0.6 is 0 Å². The van der Waals surface area contributed by atoms with Gasteiger partial charge in [-0.3, -0.25) is 9.67 Å². The molecule has 0 N–H and O–H groups in total. The molecule has 0 spiro atoms. The minimum atomic E-state index is -0.0254. The normalized spacial score (nSPS) is 15.1. The topological polar surface area (TPSA) is 95.4 Å². The van der Waals surface area contributed by atoms with E-state index in [4.69, 9.17) is 9.94 Å². The lowest BCUT2D eigenvalue weighted by Gasteiger charge is -2.12. The van der Waals surface area contributed by atoms with Crippen molar-refractivity contribution in [2.75, 3.05) is 6.61 Å². The van der Waals surface area contributed by atoms with E-state index in [1.807, 2.05) is 50.8 Å². The van der Waals surface area contributed by atoms with Crippen molar-refractivity contribution in [3.8, 4) is 11.1 Å². The fourth-order valence-corrected chi connectivity index (χ4v) is 4.14. The molecule has 1 atom stereocenters. The Balaban J connectivity index is 1.32. The van der Waals surface area contributed by atoms with Crippen LogP contribution < -0.4 is 0 Å². The third-order valence-electron chi connectivity index (χ3n) is 6.50. The van der Waals surface area contributed by atoms with Gasteiger partial charge in [-0.1, -0.05) is 18.1 Å². The molecular formula is C26H26N8O. The van der Waals surface area contributed by atoms with Crippen molar-refractivity contribution in [3.63, 3.8) is 0 Å². The summed E-state index contributed by atoms with van der Waals surface area (Å²) >= 11 is 0. The molecule has 176 valence electrons. The van der Waals surface area contributed by atoms with E-state index in [2.05, 4.69) is 50.6 Å². The van der Waals surface area contributed by atoms with E-state index in [1.165, 1.54) is 12.8 Å². The molecule has 9 nitrogen and oxygen atoms in total. The first-order valence-electron chi connectivity index (χ1n) is 11.8. The molecule has 0 radical (unpaired) electrons. The maximum Gasteiger partial charge on any atom is 0.177 e. The van der Waals surface area contributed by atoms with Gasteiger partial charge in [-0.15, -0.1) is 10.2 Å². The van der Waals surface area contributed by atoms with Crippen LogP contribution in [0.25, 0.3) is 27.7 Å². The van der Waals surface area contributed by atoms with Crippen molar-refractivity contribution in [1.82, 2.24) is 34.6 Å². The molecule has 4 heterocycles. The standard InChI is InChI=1S/C26H26N8O/c1-16(19-6-7-24-20(10-19)11-21(12-27-24)22-13-28-33(3)14-22)26-30-29-25-9-8-23(31-34(25)26)17(2)32-35-15-18-4-5-18/h6-14,16,18H,4-5,15H2,1-3H3/b32-17+. The summed E-state index contributed by atoms with van der Waals surface area (Å²) in [4.78, 5) is 10.1. The van der Waals surface area contributed by atoms with Crippen LogP contribution in [0.3, 0.4) is 0 Å². The van der Waals surface area contributed by atoms with Crippen LogP contribution in [0, 0.1) is 5.92 Å². The van der Waals surface area contributed by atoms with Gasteiger partial charge in [0.15, 0.2) is 11.5 Å². The summed E-state index contributed by atoms with van der Waals surface area (Å²) in [6.07, 6.45) is 8.19. The van der Waals surface area contributed by atoms with Crippen LogP contribution in [0.2, 0.25) is 0 Å². The number of oxime groups is 1. The molecule has 1 unspecified atom stereocenters. The lowest BCUT2D eigenvalue weighted by atomic mass is 9.98. The molecule has 1 aliphatic rings. The van der Waals surface area contributed by atoms with Crippen molar-refractivity contribution < 1.29 is 4.84 Å². The zero-order chi connectivity index (χ0) is 23.9. The second kappa shape index (κ2) is 8.57. The molecule has 1 fully saturated rings. The first-order chi connectivity index (χ1) is 17.0. The van der Waals surface area contributed by atoms with Crippen LogP contribution in [0.4, 0.5) is 0 Å². The number of aryl methyl sites for hydroxylation is 1. The van der Waals surface area contributed by atoms with Gasteiger partial charge in [0.2, 0.25) is 0 Å². The number of hydrogen-bond donors (Lipinski definition) is 0. The third kappa shape index (κ3) is 4.25. The largest absolute Gasteiger partial charge is 0.395 e. The number of nitrogens with zero attached hydrogens (tertiary/aromatic N) is 8. The number of pyridine rings is 1. The van der Waals surface area contributed by atoms with Crippen molar-refractivity contribution >= 4 is 22.3 Å². The Morgan fingerprint density at radius 2 is 2.00 bits per heavy atom. The van der Waals surface area contributed by atoms with Crippen molar-refractivity contribution in [2.24, 2.45) is 18.1 Å². The van der Waals surface area contributed by atoms with Crippen LogP contribution in [0.15, 0.2) is 60.1 Å². The minimum absolute atomic E-state index is 0.0254. The molecule has 1 aliphatic carbocycles. The van der Waals surface area contributed by atoms with Crippen LogP contribution in [0.1, 0.15) is 49.7 Å². The van der Waals surface area contributed by atoms with Gasteiger partial charge in [-0.05, 0) is 61.6 Å². The lowest BCUT2D eigenvalue weighted by Crippen LogP contribution is -2.09. The summed E-state index contributed by atoms with van der Waals surface area (Å²) in [6, 6.07) is 12.3. The highest BCUT2D eigenvalue weighted by molar-refractivity contribution is 5.96. The van der Waals surface area contributed by atoms with Gasteiger partial charge in [0, 0.05) is 41.9 Å². The van der Waals surface area contributed by atoms with Crippen LogP contribution in [-0.2, 0) is 11.9 Å². The zero-order valence-corrected chi connectivity index (χ0v) is 20.0. The Hall–Kier alpha value is -4.14. The van der Waals surface area contributed by atoms with Crippen molar-refractivity contribution in [2.45, 2.75) is 32.6 Å². The predicted molar refractivity (Wildman–Crippen MR) is 133 cm³/mol. The molecule has 4 aromatic heterocycles. The highest BCUT2D eigenvalue weighted by Gasteiger charge is 2.22. The van der Waals surface area contributed by atoms with E-state index in [9.17, 15) is 0 Å². The van der Waals surface area contributed by atoms with Gasteiger partial charge >= 0.3 is 0 Å². The Bertz CT molecular complexity index is 1560. The average molecular weight is 467 g/mol. The van der Waals surface area contributed by atoms with Crippen LogP contribution in [-0.4, -0.2) is 46.9 Å². The summed E-state index contributed by atoms with van der Waals surface area (Å²) in [5.41, 5.74) is 6.31. The highest BCUT2D eigenvalue weighted by atomic mass is 16.6. The first kappa shape index (κ1) is 21.4. The van der Waals surface area contributed by atoms with Crippen molar-refractivity contribution in [1.29, 1.82) is 0 Å². The Kier molecular flexibility index (Phi) is 5.24. The van der Waals surface area contributed by atoms with E-state index in [0.717, 1.165) is 44.8 Å². The average Bonchev–Trinajstić information content (AvgIpc) is 3.44. The molecule has 0 bridgehead atoms. The molecule has 9 heteroatoms. The van der Waals surface area contributed by atoms with E-state index in [0.29, 0.717) is 18.2 Å². The lowest BCUT2D eigenvalue weighted by molar-refractivity contribution is 0.134. The number of fused-ring (bicyclic) bond motifs is 2. The molecule has 1 aromatic carbocycles. The maximum atomic E-state index is 5.49. The molecule has 35 heavy (non-hydrogen) atoms. The SMILES string of the molecule is C/C(=N\OCC1CC1)c1ccc2nnc(C(C)c3ccc4ncc(-c5cnn(C)c5)cc4c3)n2n1. The van der Waals surface area contributed by atoms with Crippen LogP contribution in [0.5, 0.6) is 0 Å². The molecule has 0 aliphatic heterocycles. The molecule has 5 aromatic rings. The summed E-state index contributed by atoms with van der Waals surface area (Å²) in [5.74, 6) is 1.40. The van der Waals surface area contributed by atoms with Gasteiger partial charge in [0.25, 0.3) is 0 Å². The number of aromatic nitrogens is 7. The number of benzene rings is 1. The van der Waals surface area contributed by atoms with E-state index in [1.54, 1.807) is 9.20 Å². The van der Waals surface area contributed by atoms with Gasteiger partial charge < -0.3 is 4.84 Å². The fraction of sp³-hybridized carbons (Fsp3) is 0.308. The smallest absolute Gasteiger partial charge is 0.177 e. The fourth-order valence-electron chi connectivity index (χ4n) is 4.14.